The summed E-state index contributed by atoms with van der Waals surface area (Å²) in [7, 11) is 0. The van der Waals surface area contributed by atoms with Gasteiger partial charge in [-0.25, -0.2) is 9.97 Å². The van der Waals surface area contributed by atoms with E-state index < -0.39 is 0 Å². The van der Waals surface area contributed by atoms with Crippen LogP contribution in [0.2, 0.25) is 10.0 Å². The first kappa shape index (κ1) is 18.6. The molecule has 2 aliphatic rings. The molecule has 2 aliphatic heterocycles. The lowest BCUT2D eigenvalue weighted by molar-refractivity contribution is 0.0389. The van der Waals surface area contributed by atoms with Crippen LogP contribution in [0.3, 0.4) is 0 Å². The van der Waals surface area contributed by atoms with Crippen molar-refractivity contribution in [3.05, 3.63) is 63.2 Å². The highest BCUT2D eigenvalue weighted by molar-refractivity contribution is 6.36. The van der Waals surface area contributed by atoms with E-state index in [1.165, 1.54) is 0 Å². The monoisotopic (exact) mass is 427 g/mol. The van der Waals surface area contributed by atoms with E-state index >= 15 is 0 Å². The zero-order valence-electron chi connectivity index (χ0n) is 15.8. The van der Waals surface area contributed by atoms with Crippen molar-refractivity contribution < 1.29 is 4.79 Å². The van der Waals surface area contributed by atoms with E-state index in [2.05, 4.69) is 15.2 Å². The molecule has 0 unspecified atom stereocenters. The zero-order valence-corrected chi connectivity index (χ0v) is 17.3. The Bertz CT molecular complexity index is 1100. The average Bonchev–Trinajstić information content (AvgIpc) is 3.22. The molecule has 1 amide bonds. The van der Waals surface area contributed by atoms with E-state index in [0.29, 0.717) is 21.4 Å². The minimum atomic E-state index is -0.0832. The Labute approximate surface area is 178 Å². The van der Waals surface area contributed by atoms with Crippen LogP contribution in [-0.2, 0) is 6.42 Å². The maximum Gasteiger partial charge on any atom is 0.256 e. The molecule has 1 aromatic carbocycles. The second kappa shape index (κ2) is 7.11. The second-order valence-electron chi connectivity index (χ2n) is 7.59. The van der Waals surface area contributed by atoms with E-state index in [9.17, 15) is 4.79 Å². The van der Waals surface area contributed by atoms with Crippen molar-refractivity contribution in [2.45, 2.75) is 44.7 Å². The number of hydrogen-bond acceptors (Lipinski definition) is 4. The Hall–Kier alpha value is -2.44. The maximum atomic E-state index is 13.5. The number of hydrogen-bond donors (Lipinski definition) is 1. The number of H-pyrrole nitrogens is 1. The lowest BCUT2D eigenvalue weighted by Gasteiger charge is -2.46. The third kappa shape index (κ3) is 3.11. The highest BCUT2D eigenvalue weighted by atomic mass is 35.5. The van der Waals surface area contributed by atoms with E-state index in [0.717, 1.165) is 48.3 Å². The van der Waals surface area contributed by atoms with E-state index in [1.54, 1.807) is 24.4 Å². The average molecular weight is 428 g/mol. The molecule has 0 radical (unpaired) electrons. The van der Waals surface area contributed by atoms with Crippen LogP contribution in [0.25, 0.3) is 11.4 Å². The first-order chi connectivity index (χ1) is 14.0. The van der Waals surface area contributed by atoms with Gasteiger partial charge in [-0.05, 0) is 56.9 Å². The topological polar surface area (TPSA) is 74.8 Å². The van der Waals surface area contributed by atoms with E-state index in [1.807, 2.05) is 17.9 Å². The second-order valence-corrected chi connectivity index (χ2v) is 8.44. The smallest absolute Gasteiger partial charge is 0.256 e. The van der Waals surface area contributed by atoms with E-state index in [4.69, 9.17) is 28.2 Å². The third-order valence-electron chi connectivity index (χ3n) is 5.80. The Morgan fingerprint density at radius 3 is 2.83 bits per heavy atom. The van der Waals surface area contributed by atoms with Crippen molar-refractivity contribution >= 4 is 29.1 Å². The Morgan fingerprint density at radius 2 is 2.07 bits per heavy atom. The minimum absolute atomic E-state index is 0.0635. The van der Waals surface area contributed by atoms with Gasteiger partial charge in [0, 0.05) is 22.8 Å². The summed E-state index contributed by atoms with van der Waals surface area (Å²) in [5.74, 6) is 0.626. The number of benzene rings is 1. The van der Waals surface area contributed by atoms with Crippen molar-refractivity contribution in [2.75, 3.05) is 0 Å². The number of nitrogens with zero attached hydrogens (tertiary/aromatic N) is 4. The molecule has 2 aromatic heterocycles. The van der Waals surface area contributed by atoms with Crippen LogP contribution in [0.1, 0.15) is 52.7 Å². The fraction of sp³-hybridized carbons (Fsp3) is 0.333. The normalized spacial score (nSPS) is 20.4. The number of amides is 1. The zero-order chi connectivity index (χ0) is 20.1. The summed E-state index contributed by atoms with van der Waals surface area (Å²) in [6.45, 7) is 1.89. The molecular formula is C21H19Cl2N5O. The molecule has 3 aromatic rings. The molecule has 29 heavy (non-hydrogen) atoms. The van der Waals surface area contributed by atoms with Crippen LogP contribution >= 0.6 is 23.2 Å². The number of carbonyl (C=O) groups is 1. The third-order valence-corrected chi connectivity index (χ3v) is 6.35. The molecule has 1 fully saturated rings. The minimum Gasteiger partial charge on any atom is -0.327 e. The highest BCUT2D eigenvalue weighted by Gasteiger charge is 2.43. The Balaban J connectivity index is 1.61. The largest absolute Gasteiger partial charge is 0.327 e. The Kier molecular flexibility index (Phi) is 4.56. The summed E-state index contributed by atoms with van der Waals surface area (Å²) in [5.41, 5.74) is 4.30. The first-order valence-electron chi connectivity index (χ1n) is 9.68. The fourth-order valence-corrected chi connectivity index (χ4v) is 5.09. The fourth-order valence-electron chi connectivity index (χ4n) is 4.60. The molecule has 0 spiro atoms. The van der Waals surface area contributed by atoms with Crippen molar-refractivity contribution in [1.82, 2.24) is 25.1 Å². The first-order valence-corrected chi connectivity index (χ1v) is 10.4. The molecule has 1 N–H and O–H groups in total. The maximum absolute atomic E-state index is 13.5. The summed E-state index contributed by atoms with van der Waals surface area (Å²) in [6, 6.07) is 6.96. The van der Waals surface area contributed by atoms with Gasteiger partial charge in [0.15, 0.2) is 0 Å². The van der Waals surface area contributed by atoms with Gasteiger partial charge < -0.3 is 4.90 Å². The summed E-state index contributed by atoms with van der Waals surface area (Å²) in [6.07, 6.45) is 5.33. The number of nitrogens with one attached hydrogen (secondary N) is 1. The number of aromatic amines is 1. The predicted molar refractivity (Wildman–Crippen MR) is 111 cm³/mol. The highest BCUT2D eigenvalue weighted by Crippen LogP contribution is 2.44. The van der Waals surface area contributed by atoms with Gasteiger partial charge in [-0.2, -0.15) is 5.10 Å². The number of aryl methyl sites for hydroxylation is 1. The van der Waals surface area contributed by atoms with Gasteiger partial charge in [0.25, 0.3) is 5.91 Å². The molecule has 2 atom stereocenters. The summed E-state index contributed by atoms with van der Waals surface area (Å²) >= 11 is 12.4. The van der Waals surface area contributed by atoms with E-state index in [-0.39, 0.29) is 18.0 Å². The summed E-state index contributed by atoms with van der Waals surface area (Å²) in [5, 5.41) is 7.99. The number of aromatic nitrogens is 4. The molecule has 0 aliphatic carbocycles. The molecule has 1 saturated heterocycles. The number of rotatable bonds is 2. The van der Waals surface area contributed by atoms with Crippen LogP contribution < -0.4 is 0 Å². The predicted octanol–water partition coefficient (Wildman–Crippen LogP) is 4.77. The van der Waals surface area contributed by atoms with Crippen molar-refractivity contribution in [2.24, 2.45) is 0 Å². The molecule has 6 nitrogen and oxygen atoms in total. The van der Waals surface area contributed by atoms with Gasteiger partial charge in [0.05, 0.1) is 33.7 Å². The van der Waals surface area contributed by atoms with Crippen molar-refractivity contribution in [3.63, 3.8) is 0 Å². The number of fused-ring (bicyclic) bond motifs is 4. The molecule has 2 bridgehead atoms. The van der Waals surface area contributed by atoms with Crippen LogP contribution in [0.15, 0.2) is 30.5 Å². The quantitative estimate of drug-likeness (QED) is 0.638. The van der Waals surface area contributed by atoms with Crippen LogP contribution in [0.5, 0.6) is 0 Å². The van der Waals surface area contributed by atoms with Crippen molar-refractivity contribution in [3.8, 4) is 11.4 Å². The molecule has 5 rings (SSSR count). The van der Waals surface area contributed by atoms with Gasteiger partial charge in [0.1, 0.15) is 5.82 Å². The molecule has 0 saturated carbocycles. The Morgan fingerprint density at radius 1 is 1.21 bits per heavy atom. The lowest BCUT2D eigenvalue weighted by Crippen LogP contribution is -2.50. The van der Waals surface area contributed by atoms with Gasteiger partial charge in [-0.1, -0.05) is 23.2 Å². The molecule has 8 heteroatoms. The van der Waals surface area contributed by atoms with Crippen LogP contribution in [-0.4, -0.2) is 37.0 Å². The van der Waals surface area contributed by atoms with Gasteiger partial charge in [-0.15, -0.1) is 0 Å². The SMILES string of the molecule is Cc1nc(-c2ccn[nH]2)c2c(n1)[C@H]1CCC[C@@H](C2)N1C(=O)c1ccc(Cl)cc1Cl. The number of piperidine rings is 1. The number of carbonyl (C=O) groups excluding carboxylic acids is 1. The number of halogens is 2. The summed E-state index contributed by atoms with van der Waals surface area (Å²) in [4.78, 5) is 24.9. The van der Waals surface area contributed by atoms with Gasteiger partial charge >= 0.3 is 0 Å². The summed E-state index contributed by atoms with van der Waals surface area (Å²) < 4.78 is 0. The molecule has 148 valence electrons. The standard InChI is InChI=1S/C21H19Cl2N5O/c1-11-25-19(17-7-8-24-27-17)15-10-13-3-2-4-18(20(15)26-11)28(13)21(29)14-6-5-12(22)9-16(14)23/h5-9,13,18H,2-4,10H2,1H3,(H,24,27)/t13-,18+/m0/s1. The van der Waals surface area contributed by atoms with Crippen molar-refractivity contribution in [1.29, 1.82) is 0 Å². The van der Waals surface area contributed by atoms with Gasteiger partial charge in [-0.3, -0.25) is 9.89 Å². The van der Waals surface area contributed by atoms with Crippen LogP contribution in [0, 0.1) is 6.92 Å². The lowest BCUT2D eigenvalue weighted by atomic mass is 9.81. The molecule has 4 heterocycles. The molecular weight excluding hydrogens is 409 g/mol. The van der Waals surface area contributed by atoms with Gasteiger partial charge in [0.2, 0.25) is 0 Å². The van der Waals surface area contributed by atoms with Crippen LogP contribution in [0.4, 0.5) is 0 Å².